The molecule has 0 aromatic heterocycles. The summed E-state index contributed by atoms with van der Waals surface area (Å²) in [4.78, 5) is 65.1. The first kappa shape index (κ1) is 68.9. The number of cyclic esters (lactones) is 1. The van der Waals surface area contributed by atoms with Gasteiger partial charge in [0.2, 0.25) is 0 Å². The summed E-state index contributed by atoms with van der Waals surface area (Å²) in [5.41, 5.74) is 12.7. The second kappa shape index (κ2) is 36.2. The first-order valence-corrected chi connectivity index (χ1v) is 27.1. The van der Waals surface area contributed by atoms with E-state index < -0.39 is 172 Å². The van der Waals surface area contributed by atoms with E-state index in [1.54, 1.807) is 97.2 Å². The summed E-state index contributed by atoms with van der Waals surface area (Å²) in [5, 5.41) is 108. The number of methoxy groups -OCH3 is 1. The normalized spacial score (nSPS) is 33.0. The highest BCUT2D eigenvalue weighted by atomic mass is 16.7. The van der Waals surface area contributed by atoms with Crippen LogP contribution in [-0.2, 0) is 38.1 Å². The molecule has 0 amide bonds. The number of Topliss-reactive ketones (excluding diaryl/α,β-unsaturated/α-hetero) is 3. The molecule has 0 saturated carbocycles. The van der Waals surface area contributed by atoms with Gasteiger partial charge < -0.3 is 81.5 Å². The average molecular weight is 1130 g/mol. The number of ether oxygens (including phenoxy) is 4. The van der Waals surface area contributed by atoms with Gasteiger partial charge in [0.15, 0.2) is 12.1 Å². The lowest BCUT2D eigenvalue weighted by molar-refractivity contribution is -0.277. The summed E-state index contributed by atoms with van der Waals surface area (Å²) in [6.45, 7) is 5.19. The number of nitrogens with two attached hydrogens (primary N) is 2. The number of carbonyl (C=O) groups is 5. The fourth-order valence-corrected chi connectivity index (χ4v) is 9.35. The number of rotatable bonds is 10. The summed E-state index contributed by atoms with van der Waals surface area (Å²) < 4.78 is 22.4. The Hall–Kier alpha value is -5.37. The third-order valence-corrected chi connectivity index (χ3v) is 13.8. The number of benzene rings is 1. The Kier molecular flexibility index (Phi) is 31.1. The van der Waals surface area contributed by atoms with Gasteiger partial charge in [-0.05, 0) is 69.2 Å². The van der Waals surface area contributed by atoms with Gasteiger partial charge >= 0.3 is 11.9 Å². The smallest absolute Gasteiger partial charge is 0.313 e. The second-order valence-corrected chi connectivity index (χ2v) is 20.9. The van der Waals surface area contributed by atoms with Crippen LogP contribution in [0.3, 0.4) is 0 Å². The van der Waals surface area contributed by atoms with E-state index >= 15 is 0 Å². The third-order valence-electron chi connectivity index (χ3n) is 13.8. The highest BCUT2D eigenvalue weighted by molar-refractivity contribution is 5.96. The molecule has 14 N–H and O–H groups in total. The molecular formula is C59H86N2O19. The van der Waals surface area contributed by atoms with E-state index in [1.807, 2.05) is 19.9 Å². The van der Waals surface area contributed by atoms with Crippen molar-refractivity contribution in [3.05, 3.63) is 115 Å². The largest absolute Gasteiger partial charge is 0.469 e. The van der Waals surface area contributed by atoms with E-state index in [4.69, 9.17) is 30.4 Å². The van der Waals surface area contributed by atoms with Crippen molar-refractivity contribution in [1.29, 1.82) is 0 Å². The number of hydrogen-bond acceptors (Lipinski definition) is 21. The number of esters is 2. The Balaban J connectivity index is 1.84. The third kappa shape index (κ3) is 25.6. The molecule has 80 heavy (non-hydrogen) atoms. The fraction of sp³-hybridized carbons (Fsp3) is 0.576. The molecule has 2 aliphatic rings. The van der Waals surface area contributed by atoms with E-state index in [9.17, 15) is 75.0 Å². The number of ketones is 3. The van der Waals surface area contributed by atoms with Gasteiger partial charge in [-0.3, -0.25) is 24.0 Å². The van der Waals surface area contributed by atoms with E-state index in [-0.39, 0.29) is 36.9 Å². The van der Waals surface area contributed by atoms with Crippen molar-refractivity contribution in [2.45, 2.75) is 190 Å². The average Bonchev–Trinajstić information content (AvgIpc) is 3.42. The molecule has 0 aliphatic carbocycles. The number of allylic oxidation sites excluding steroid dienone is 12. The SMILES string of the molecule is COC(=O)C1C(O)CC(=O)CC(O)CC(O)CC(O)CC(O)CC(=O)CC(O)CC(=O)OC(C(C)CCC(O)CC(=O)c2ccc(N)cc2)C(C)C=CC=CC=CC=CC=CC=CC=CC(OC2OC(C)C(O)C(N)C2O)CC1O. The number of anilines is 1. The molecule has 446 valence electrons. The molecule has 0 spiro atoms. The summed E-state index contributed by atoms with van der Waals surface area (Å²) in [6.07, 6.45) is 1.25. The summed E-state index contributed by atoms with van der Waals surface area (Å²) >= 11 is 0. The van der Waals surface area contributed by atoms with Crippen molar-refractivity contribution in [3.63, 3.8) is 0 Å². The Morgan fingerprint density at radius 1 is 0.637 bits per heavy atom. The van der Waals surface area contributed by atoms with Crippen LogP contribution in [-0.4, -0.2) is 179 Å². The maximum atomic E-state index is 13.3. The first-order valence-electron chi connectivity index (χ1n) is 27.1. The lowest BCUT2D eigenvalue weighted by atomic mass is 9.88. The molecule has 1 aromatic carbocycles. The summed E-state index contributed by atoms with van der Waals surface area (Å²) in [5.74, 6) is -5.97. The Labute approximate surface area is 468 Å². The minimum atomic E-state index is -1.84. The van der Waals surface area contributed by atoms with Crippen molar-refractivity contribution in [3.8, 4) is 0 Å². The Bertz CT molecular complexity index is 2280. The number of hydrogen-bond donors (Lipinski definition) is 12. The van der Waals surface area contributed by atoms with Crippen LogP contribution in [0.4, 0.5) is 5.69 Å². The van der Waals surface area contributed by atoms with E-state index in [0.717, 1.165) is 7.11 Å². The van der Waals surface area contributed by atoms with Crippen molar-refractivity contribution < 1.29 is 94.0 Å². The molecule has 1 fully saturated rings. The summed E-state index contributed by atoms with van der Waals surface area (Å²) in [7, 11) is 1.01. The molecule has 2 aliphatic heterocycles. The predicted octanol–water partition coefficient (Wildman–Crippen LogP) is 2.22. The molecule has 1 saturated heterocycles. The molecule has 21 nitrogen and oxygen atoms in total. The topological polar surface area (TPSA) is 377 Å². The number of aliphatic hydroxyl groups excluding tert-OH is 10. The zero-order valence-corrected chi connectivity index (χ0v) is 46.1. The minimum Gasteiger partial charge on any atom is -0.469 e. The molecule has 18 atom stereocenters. The zero-order chi connectivity index (χ0) is 59.5. The van der Waals surface area contributed by atoms with Gasteiger partial charge in [0.25, 0.3) is 0 Å². The molecule has 0 bridgehead atoms. The van der Waals surface area contributed by atoms with Crippen molar-refractivity contribution in [2.75, 3.05) is 12.8 Å². The molecule has 21 heteroatoms. The highest BCUT2D eigenvalue weighted by Crippen LogP contribution is 2.28. The van der Waals surface area contributed by atoms with E-state index in [0.29, 0.717) is 17.7 Å². The Morgan fingerprint density at radius 2 is 1.14 bits per heavy atom. The maximum Gasteiger partial charge on any atom is 0.313 e. The molecular weight excluding hydrogens is 1040 g/mol. The molecule has 1 aromatic rings. The number of aliphatic hydroxyl groups is 10. The highest BCUT2D eigenvalue weighted by Gasteiger charge is 2.43. The number of carbonyl (C=O) groups excluding carboxylic acids is 5. The Morgan fingerprint density at radius 3 is 1.69 bits per heavy atom. The maximum absolute atomic E-state index is 13.3. The monoisotopic (exact) mass is 1130 g/mol. The van der Waals surface area contributed by atoms with Crippen LogP contribution < -0.4 is 11.5 Å². The van der Waals surface area contributed by atoms with Crippen LogP contribution in [0.2, 0.25) is 0 Å². The lowest BCUT2D eigenvalue weighted by Crippen LogP contribution is -2.61. The second-order valence-electron chi connectivity index (χ2n) is 20.9. The van der Waals surface area contributed by atoms with Crippen LogP contribution in [0, 0.1) is 17.8 Å². The van der Waals surface area contributed by atoms with Crippen LogP contribution in [0.15, 0.2) is 109 Å². The van der Waals surface area contributed by atoms with Gasteiger partial charge in [0, 0.05) is 55.7 Å². The van der Waals surface area contributed by atoms with Gasteiger partial charge in [-0.25, -0.2) is 0 Å². The molecule has 18 unspecified atom stereocenters. The van der Waals surface area contributed by atoms with Gasteiger partial charge in [0.05, 0.1) is 86.7 Å². The van der Waals surface area contributed by atoms with Crippen molar-refractivity contribution in [2.24, 2.45) is 23.5 Å². The van der Waals surface area contributed by atoms with Crippen LogP contribution in [0.5, 0.6) is 0 Å². The van der Waals surface area contributed by atoms with Crippen molar-refractivity contribution in [1.82, 2.24) is 0 Å². The lowest BCUT2D eigenvalue weighted by Gasteiger charge is -2.41. The first-order chi connectivity index (χ1) is 37.9. The van der Waals surface area contributed by atoms with Gasteiger partial charge in [-0.1, -0.05) is 98.9 Å². The fourth-order valence-electron chi connectivity index (χ4n) is 9.35. The number of nitrogen functional groups attached to an aromatic ring is 1. The van der Waals surface area contributed by atoms with Crippen LogP contribution in [0.1, 0.15) is 108 Å². The molecule has 3 rings (SSSR count). The minimum absolute atomic E-state index is 0.132. The van der Waals surface area contributed by atoms with Crippen LogP contribution >= 0.6 is 0 Å². The zero-order valence-electron chi connectivity index (χ0n) is 46.1. The van der Waals surface area contributed by atoms with E-state index in [1.165, 1.54) is 13.0 Å². The van der Waals surface area contributed by atoms with Gasteiger partial charge in [-0.15, -0.1) is 0 Å². The quantitative estimate of drug-likeness (QED) is 0.0908. The predicted molar refractivity (Wildman–Crippen MR) is 296 cm³/mol. The molecule has 0 radical (unpaired) electrons. The van der Waals surface area contributed by atoms with Gasteiger partial charge in [-0.2, -0.15) is 0 Å². The van der Waals surface area contributed by atoms with E-state index in [2.05, 4.69) is 0 Å². The molecule has 2 heterocycles. The van der Waals surface area contributed by atoms with Crippen LogP contribution in [0.25, 0.3) is 0 Å². The summed E-state index contributed by atoms with van der Waals surface area (Å²) in [6, 6.07) is 5.22. The van der Waals surface area contributed by atoms with Gasteiger partial charge in [0.1, 0.15) is 29.7 Å². The van der Waals surface area contributed by atoms with Crippen molar-refractivity contribution >= 4 is 35.0 Å². The standard InChI is InChI=1S/C59H86N2O19/c1-35-17-15-13-11-9-7-5-6-8-10-12-14-16-18-48(79-59-56(75)54(61)55(74)37(3)78-59)34-51(72)53(58(76)77-4)50(71)32-46(68)29-44(66)27-42(64)25-41(63)26-43(65)28-45(67)30-47(69)33-52(73)80-57(35)36(2)19-24-40(62)31-49(70)38-20-22-39(60)23-21-38/h5-18,20-23,35-37,40-44,47-48,50-51,53-57,59,62-66,69,71-72,74-75H,19,24-34,60-61H2,1-4H3.